The zero-order valence-electron chi connectivity index (χ0n) is 8.43. The summed E-state index contributed by atoms with van der Waals surface area (Å²) in [5.74, 6) is -1.15. The van der Waals surface area contributed by atoms with Crippen LogP contribution in [0.5, 0.6) is 0 Å². The van der Waals surface area contributed by atoms with E-state index in [4.69, 9.17) is 10.4 Å². The summed E-state index contributed by atoms with van der Waals surface area (Å²) in [5.41, 5.74) is 0.490. The molecule has 0 saturated carbocycles. The van der Waals surface area contributed by atoms with Crippen molar-refractivity contribution in [2.24, 2.45) is 0 Å². The number of hydrogen-bond donors (Lipinski definition) is 1. The molecule has 0 bridgehead atoms. The van der Waals surface area contributed by atoms with E-state index in [9.17, 15) is 14.9 Å². The van der Waals surface area contributed by atoms with Gasteiger partial charge in [0.05, 0.1) is 23.0 Å². The van der Waals surface area contributed by atoms with Crippen LogP contribution in [0.2, 0.25) is 0 Å². The van der Waals surface area contributed by atoms with Crippen LogP contribution in [0, 0.1) is 28.4 Å². The van der Waals surface area contributed by atoms with E-state index in [1.807, 2.05) is 6.07 Å². The molecular weight excluding hydrogens is 212 g/mol. The number of rotatable bonds is 3. The first kappa shape index (κ1) is 11.7. The van der Waals surface area contributed by atoms with Crippen LogP contribution in [-0.2, 0) is 11.2 Å². The van der Waals surface area contributed by atoms with E-state index in [-0.39, 0.29) is 16.8 Å². The fourth-order valence-corrected chi connectivity index (χ4v) is 1.35. The number of nitro groups is 1. The normalized spacial score (nSPS) is 9.50. The lowest BCUT2D eigenvalue weighted by Crippen LogP contribution is -2.05. The first-order valence-electron chi connectivity index (χ1n) is 4.35. The highest BCUT2D eigenvalue weighted by molar-refractivity contribution is 5.72. The predicted molar refractivity (Wildman–Crippen MR) is 53.9 cm³/mol. The van der Waals surface area contributed by atoms with Crippen molar-refractivity contribution in [3.05, 3.63) is 38.9 Å². The first-order chi connectivity index (χ1) is 7.45. The second-order valence-corrected chi connectivity index (χ2v) is 3.24. The highest BCUT2D eigenvalue weighted by Gasteiger charge is 2.18. The summed E-state index contributed by atoms with van der Waals surface area (Å²) in [5, 5.41) is 28.0. The van der Waals surface area contributed by atoms with Gasteiger partial charge in [-0.2, -0.15) is 5.26 Å². The van der Waals surface area contributed by atoms with Crippen molar-refractivity contribution < 1.29 is 14.8 Å². The zero-order chi connectivity index (χ0) is 12.3. The Morgan fingerprint density at radius 1 is 1.62 bits per heavy atom. The Morgan fingerprint density at radius 2 is 2.25 bits per heavy atom. The van der Waals surface area contributed by atoms with Crippen LogP contribution in [-0.4, -0.2) is 16.0 Å². The van der Waals surface area contributed by atoms with Gasteiger partial charge >= 0.3 is 5.97 Å². The summed E-state index contributed by atoms with van der Waals surface area (Å²) in [6.45, 7) is 1.60. The fraction of sp³-hybridized carbons (Fsp3) is 0.200. The van der Waals surface area contributed by atoms with E-state index in [1.54, 1.807) is 6.92 Å². The highest BCUT2D eigenvalue weighted by Crippen LogP contribution is 2.23. The fourth-order valence-electron chi connectivity index (χ4n) is 1.35. The molecule has 0 aromatic heterocycles. The third kappa shape index (κ3) is 2.33. The minimum atomic E-state index is -1.15. The Hall–Kier alpha value is -2.42. The molecule has 16 heavy (non-hydrogen) atoms. The Kier molecular flexibility index (Phi) is 3.20. The molecule has 0 aliphatic carbocycles. The maximum Gasteiger partial charge on any atom is 0.308 e. The van der Waals surface area contributed by atoms with Gasteiger partial charge in [0.2, 0.25) is 0 Å². The van der Waals surface area contributed by atoms with Crippen molar-refractivity contribution >= 4 is 11.7 Å². The standard InChI is InChI=1S/C10H8N2O4/c1-6-2-7(4-10(13)14)9(12(15)16)3-8(6)5-11/h2-3H,4H2,1H3,(H,13,14). The molecule has 6 nitrogen and oxygen atoms in total. The van der Waals surface area contributed by atoms with Gasteiger partial charge in [0.25, 0.3) is 5.69 Å². The number of aliphatic carboxylic acids is 1. The lowest BCUT2D eigenvalue weighted by molar-refractivity contribution is -0.385. The second kappa shape index (κ2) is 4.40. The molecule has 1 N–H and O–H groups in total. The first-order valence-corrected chi connectivity index (χ1v) is 4.35. The SMILES string of the molecule is Cc1cc(CC(=O)O)c([N+](=O)[O-])cc1C#N. The summed E-state index contributed by atoms with van der Waals surface area (Å²) in [6.07, 6.45) is -0.428. The van der Waals surface area contributed by atoms with E-state index in [0.29, 0.717) is 5.56 Å². The molecule has 6 heteroatoms. The molecule has 0 amide bonds. The topological polar surface area (TPSA) is 104 Å². The zero-order valence-corrected chi connectivity index (χ0v) is 8.43. The second-order valence-electron chi connectivity index (χ2n) is 3.24. The van der Waals surface area contributed by atoms with Gasteiger partial charge in [0, 0.05) is 11.6 Å². The average Bonchev–Trinajstić information content (AvgIpc) is 2.16. The molecule has 0 spiro atoms. The average molecular weight is 220 g/mol. The van der Waals surface area contributed by atoms with Crippen molar-refractivity contribution in [3.63, 3.8) is 0 Å². The van der Waals surface area contributed by atoms with Gasteiger partial charge in [-0.3, -0.25) is 14.9 Å². The number of nitriles is 1. The van der Waals surface area contributed by atoms with Gasteiger partial charge in [-0.15, -0.1) is 0 Å². The number of benzene rings is 1. The van der Waals surface area contributed by atoms with Crippen molar-refractivity contribution in [3.8, 4) is 6.07 Å². The summed E-state index contributed by atoms with van der Waals surface area (Å²) in [6, 6.07) is 4.29. The smallest absolute Gasteiger partial charge is 0.308 e. The summed E-state index contributed by atoms with van der Waals surface area (Å²) >= 11 is 0. The van der Waals surface area contributed by atoms with Gasteiger partial charge in [-0.1, -0.05) is 0 Å². The highest BCUT2D eigenvalue weighted by atomic mass is 16.6. The van der Waals surface area contributed by atoms with Crippen molar-refractivity contribution in [2.75, 3.05) is 0 Å². The number of carbonyl (C=O) groups is 1. The molecule has 0 saturated heterocycles. The monoisotopic (exact) mass is 220 g/mol. The largest absolute Gasteiger partial charge is 0.481 e. The van der Waals surface area contributed by atoms with E-state index >= 15 is 0 Å². The molecule has 0 fully saturated rings. The maximum absolute atomic E-state index is 10.7. The van der Waals surface area contributed by atoms with Gasteiger partial charge in [-0.25, -0.2) is 0 Å². The van der Waals surface area contributed by atoms with Crippen LogP contribution in [0.1, 0.15) is 16.7 Å². The van der Waals surface area contributed by atoms with Crippen molar-refractivity contribution in [2.45, 2.75) is 13.3 Å². The van der Waals surface area contributed by atoms with E-state index in [0.717, 1.165) is 6.07 Å². The van der Waals surface area contributed by atoms with Crippen LogP contribution in [0.3, 0.4) is 0 Å². The summed E-state index contributed by atoms with van der Waals surface area (Å²) in [7, 11) is 0. The number of nitro benzene ring substituents is 1. The molecule has 0 aliphatic rings. The molecule has 1 aromatic rings. The van der Waals surface area contributed by atoms with Gasteiger partial charge in [-0.05, 0) is 18.6 Å². The molecular formula is C10H8N2O4. The lowest BCUT2D eigenvalue weighted by atomic mass is 10.0. The van der Waals surface area contributed by atoms with E-state index in [1.165, 1.54) is 6.07 Å². The Labute approximate surface area is 90.9 Å². The van der Waals surface area contributed by atoms with Crippen LogP contribution in [0.15, 0.2) is 12.1 Å². The van der Waals surface area contributed by atoms with Crippen molar-refractivity contribution in [1.29, 1.82) is 5.26 Å². The molecule has 82 valence electrons. The van der Waals surface area contributed by atoms with Gasteiger partial charge in [0.1, 0.15) is 0 Å². The van der Waals surface area contributed by atoms with Gasteiger partial charge in [0.15, 0.2) is 0 Å². The van der Waals surface area contributed by atoms with Crippen molar-refractivity contribution in [1.82, 2.24) is 0 Å². The van der Waals surface area contributed by atoms with Crippen LogP contribution >= 0.6 is 0 Å². The third-order valence-corrected chi connectivity index (χ3v) is 2.08. The van der Waals surface area contributed by atoms with Crippen LogP contribution < -0.4 is 0 Å². The number of hydrogen-bond acceptors (Lipinski definition) is 4. The Balaban J connectivity index is 3.37. The van der Waals surface area contributed by atoms with Crippen LogP contribution in [0.25, 0.3) is 0 Å². The maximum atomic E-state index is 10.7. The van der Waals surface area contributed by atoms with Crippen LogP contribution in [0.4, 0.5) is 5.69 Å². The Morgan fingerprint density at radius 3 is 2.69 bits per heavy atom. The molecule has 0 atom stereocenters. The number of carboxylic acid groups (broad SMARTS) is 1. The number of aryl methyl sites for hydroxylation is 1. The number of nitrogens with zero attached hydrogens (tertiary/aromatic N) is 2. The molecule has 0 heterocycles. The summed E-state index contributed by atoms with van der Waals surface area (Å²) < 4.78 is 0. The quantitative estimate of drug-likeness (QED) is 0.612. The van der Waals surface area contributed by atoms with E-state index < -0.39 is 17.3 Å². The molecule has 0 unspecified atom stereocenters. The summed E-state index contributed by atoms with van der Waals surface area (Å²) in [4.78, 5) is 20.5. The molecule has 1 rings (SSSR count). The molecule has 0 aliphatic heterocycles. The third-order valence-electron chi connectivity index (χ3n) is 2.08. The predicted octanol–water partition coefficient (Wildman–Crippen LogP) is 1.40. The molecule has 0 radical (unpaired) electrons. The number of carboxylic acids is 1. The van der Waals surface area contributed by atoms with Gasteiger partial charge < -0.3 is 5.11 Å². The minimum absolute atomic E-state index is 0.106. The minimum Gasteiger partial charge on any atom is -0.481 e. The molecule has 1 aromatic carbocycles. The Bertz CT molecular complexity index is 502. The van der Waals surface area contributed by atoms with E-state index in [2.05, 4.69) is 0 Å². The lowest BCUT2D eigenvalue weighted by Gasteiger charge is -2.03.